The molecule has 0 N–H and O–H groups in total. The SMILES string of the molecule is [2H]c1c([2H])c([2H])c(-c2c([2H])c(-c3c4c([2H])c([2H])c([2H])c([2H])c4c(-c4c([2H])c([2H])c5oc6c([2H])c7c([2H])c([2H])c([2H])c([2H])c7c([2H])c6c5c4[2H])c4c([2H])c([2H])c([2H])c([2H])c34)c([2H])c3c([2H])c([2H])c([2H])c([2H])c23)c([2H])c1[2H].[2H]c1c([2H])c([2H])c(-c2c([2H])c(-c3c4c([2H])c([2H])c([2H])c([2H])c4c(-c4c([2H])c([2H])c5oc6c([2H])c7c([2H])c([2H])c([2H])c([2H])c7c([2H])c6c5c4[2H])c4c([2H])c([2H])c([2H])c([2H])c34)c3c([2H])c([2H])c([2H])c([2H])c3c2[2H])c([2H])c1[2H].[2H]c1c([2H])c([2H])c(-c2c([2H])c([2H])c(-c3c4c([2H])c([2H])c([2H])c([2H])c4c(-c4c([2H])c([2H])c5oc6c([2H])c7c([2H])c([2H])c([2H])c([2H])c7c([2H])c6c5c4[2H])c4c([2H])c([2H])c([2H])c([2H])c34)c3c([2H])c([2H])c([2H])c([2H])c23)c([2H])c1[2H]. The van der Waals surface area contributed by atoms with Gasteiger partial charge < -0.3 is 13.3 Å². The number of hydrogen-bond donors (Lipinski definition) is 0. The summed E-state index contributed by atoms with van der Waals surface area (Å²) < 4.78 is 776. The third kappa shape index (κ3) is 13.6. The predicted molar refractivity (Wildman–Crippen MR) is 600 cm³/mol. The second-order valence-electron chi connectivity index (χ2n) is 30.8. The van der Waals surface area contributed by atoms with Gasteiger partial charge in [0, 0.05) is 32.3 Å². The summed E-state index contributed by atoms with van der Waals surface area (Å²) in [5.41, 5.74) is -17.9. The van der Waals surface area contributed by atoms with Crippen LogP contribution in [0.3, 0.4) is 0 Å². The summed E-state index contributed by atoms with van der Waals surface area (Å²) in [6.45, 7) is 0. The molecular formula is C138H84O3. The molecule has 3 aromatic heterocycles. The van der Waals surface area contributed by atoms with Gasteiger partial charge in [0.1, 0.15) is 33.5 Å². The smallest absolute Gasteiger partial charge is 0.136 e. The molecule has 3 heteroatoms. The monoisotopic (exact) mass is 1870 g/mol. The molecule has 27 aromatic carbocycles. The van der Waals surface area contributed by atoms with E-state index in [9.17, 15) is 45.2 Å². The van der Waals surface area contributed by atoms with Gasteiger partial charge in [-0.2, -0.15) is 0 Å². The Labute approximate surface area is 930 Å². The largest absolute Gasteiger partial charge is 0.456 e. The lowest BCUT2D eigenvalue weighted by atomic mass is 9.83. The Morgan fingerprint density at radius 2 is 0.340 bits per heavy atom. The molecule has 654 valence electrons. The normalized spacial score (nSPS) is 20.2. The van der Waals surface area contributed by atoms with Gasteiger partial charge in [-0.3, -0.25) is 0 Å². The van der Waals surface area contributed by atoms with Crippen molar-refractivity contribution in [2.75, 3.05) is 0 Å². The van der Waals surface area contributed by atoms with Crippen LogP contribution >= 0.6 is 0 Å². The summed E-state index contributed by atoms with van der Waals surface area (Å²) in [6.07, 6.45) is 0. The first-order valence-electron chi connectivity index (χ1n) is 83.7. The van der Waals surface area contributed by atoms with Crippen molar-refractivity contribution in [2.45, 2.75) is 0 Å². The molecular weight excluding hydrogens is 1710 g/mol. The van der Waals surface area contributed by atoms with E-state index >= 15 is 0 Å². The van der Waals surface area contributed by atoms with Crippen LogP contribution in [0, 0.1) is 0 Å². The van der Waals surface area contributed by atoms with Crippen LogP contribution in [0.25, 0.3) is 295 Å². The molecule has 30 aromatic rings. The summed E-state index contributed by atoms with van der Waals surface area (Å²) in [7, 11) is 0. The first-order chi connectivity index (χ1) is 105. The fourth-order valence-corrected chi connectivity index (χ4v) is 17.3. The number of fused-ring (bicyclic) bond motifs is 21. The summed E-state index contributed by atoms with van der Waals surface area (Å²) in [4.78, 5) is 0. The van der Waals surface area contributed by atoms with Crippen LogP contribution in [-0.2, 0) is 0 Å². The molecule has 0 aliphatic carbocycles. The molecule has 0 fully saturated rings. The van der Waals surface area contributed by atoms with Gasteiger partial charge >= 0.3 is 0 Å². The van der Waals surface area contributed by atoms with E-state index in [1.807, 2.05) is 0 Å². The van der Waals surface area contributed by atoms with Crippen LogP contribution in [0.15, 0.2) is 521 Å². The zero-order chi connectivity index (χ0) is 166. The topological polar surface area (TPSA) is 39.4 Å². The van der Waals surface area contributed by atoms with Crippen molar-refractivity contribution in [3.63, 3.8) is 0 Å². The minimum Gasteiger partial charge on any atom is -0.456 e. The number of rotatable bonds is 9. The van der Waals surface area contributed by atoms with E-state index in [0.717, 1.165) is 0 Å². The second kappa shape index (κ2) is 33.2. The van der Waals surface area contributed by atoms with E-state index in [-0.39, 0.29) is 0 Å². The Balaban J connectivity index is 0.000000146. The van der Waals surface area contributed by atoms with Crippen LogP contribution in [-0.4, -0.2) is 0 Å². The van der Waals surface area contributed by atoms with Gasteiger partial charge in [-0.05, 0) is 326 Å². The molecule has 0 aliphatic rings. The van der Waals surface area contributed by atoms with Crippen molar-refractivity contribution in [3.05, 3.63) is 508 Å². The van der Waals surface area contributed by atoms with Crippen molar-refractivity contribution >= 4 is 195 Å². The quantitative estimate of drug-likeness (QED) is 0.135. The molecule has 30 rings (SSSR count). The Hall–Kier alpha value is -18.5. The van der Waals surface area contributed by atoms with E-state index in [1.54, 1.807) is 0 Å². The van der Waals surface area contributed by atoms with Crippen LogP contribution < -0.4 is 0 Å². The number of furan rings is 3. The number of hydrogen-bond acceptors (Lipinski definition) is 3. The van der Waals surface area contributed by atoms with Gasteiger partial charge in [-0.25, -0.2) is 0 Å². The standard InChI is InChI=1S/3C46H28O/c1-2-12-29(13-3-1)33-23-24-40(35-17-7-6-16-34(33)35)46-38-20-10-8-18-36(38)45(37-19-9-11-21-39(37)46)32-22-25-43-41(27-32)42-26-30-14-4-5-15-31(30)28-44(42)47-43;1-2-12-29(13-3-1)40-27-34(24-32-16-6-7-17-35(32)40)46-38-20-10-8-18-36(38)45(37-19-9-11-21-39(37)46)33-22-23-43-41(26-33)42-25-30-14-4-5-15-31(30)28-44(42)47-43;1-2-12-29(13-3-1)34-24-32-16-6-7-17-35(32)42(27-34)46-38-20-10-8-18-36(38)45(37-19-9-11-21-39(37)46)33-22-23-43-40(26-33)41-25-30-14-4-5-15-31(30)28-44(41)47-43/h3*1-28H/i3*1D,2D,3D,4D,5D,6D,7D,8D,9D,10D,11D,12D,13D,14D,15D,16D,17D,18D,19D,20D,21D,22D,23D,24D,25D,26D,27D,28D. The lowest BCUT2D eigenvalue weighted by Crippen LogP contribution is -1.92. The van der Waals surface area contributed by atoms with Gasteiger partial charge in [0.05, 0.1) is 115 Å². The highest BCUT2D eigenvalue weighted by Crippen LogP contribution is 2.53. The summed E-state index contributed by atoms with van der Waals surface area (Å²) in [5, 5.41) is -19.6. The maximum absolute atomic E-state index is 9.96. The van der Waals surface area contributed by atoms with Gasteiger partial charge in [-0.15, -0.1) is 0 Å². The fourth-order valence-electron chi connectivity index (χ4n) is 17.3. The molecule has 0 aliphatic heterocycles. The second-order valence-corrected chi connectivity index (χ2v) is 30.8. The van der Waals surface area contributed by atoms with Crippen molar-refractivity contribution in [1.29, 1.82) is 0 Å². The molecule has 0 saturated heterocycles. The van der Waals surface area contributed by atoms with Crippen LogP contribution in [0.1, 0.15) is 115 Å². The Morgan fingerprint density at radius 3 is 0.695 bits per heavy atom. The predicted octanol–water partition coefficient (Wildman–Crippen LogP) is 39.6. The Kier molecular flexibility index (Phi) is 7.80. The minimum atomic E-state index is -1.09. The highest BCUT2D eigenvalue weighted by atomic mass is 16.3. The Bertz CT molecular complexity index is 15700. The molecule has 3 heterocycles. The van der Waals surface area contributed by atoms with Gasteiger partial charge in [0.25, 0.3) is 0 Å². The maximum atomic E-state index is 9.96. The van der Waals surface area contributed by atoms with E-state index in [1.165, 1.54) is 0 Å². The lowest BCUT2D eigenvalue weighted by molar-refractivity contribution is 0.669. The average molecular weight is 1870 g/mol. The molecule has 141 heavy (non-hydrogen) atoms. The minimum absolute atomic E-state index is 0.454. The molecule has 0 bridgehead atoms. The van der Waals surface area contributed by atoms with Gasteiger partial charge in [-0.1, -0.05) is 411 Å². The zero-order valence-corrected chi connectivity index (χ0v) is 70.2. The highest BCUT2D eigenvalue weighted by molar-refractivity contribution is 6.29. The first kappa shape index (κ1) is 33.1. The van der Waals surface area contributed by atoms with Crippen molar-refractivity contribution in [2.24, 2.45) is 0 Å². The van der Waals surface area contributed by atoms with Crippen molar-refractivity contribution < 1.29 is 128 Å². The van der Waals surface area contributed by atoms with Crippen molar-refractivity contribution in [3.8, 4) is 100 Å². The average Bonchev–Trinajstić information content (AvgIpc) is 1.63. The molecule has 0 saturated carbocycles. The van der Waals surface area contributed by atoms with Crippen LogP contribution in [0.4, 0.5) is 0 Å². The summed E-state index contributed by atoms with van der Waals surface area (Å²) >= 11 is 0. The zero-order valence-electron chi connectivity index (χ0n) is 154. The third-order valence-corrected chi connectivity index (χ3v) is 23.2. The lowest BCUT2D eigenvalue weighted by Gasteiger charge is -2.19. The van der Waals surface area contributed by atoms with Crippen LogP contribution in [0.5, 0.6) is 0 Å². The molecule has 0 unspecified atom stereocenters. The maximum Gasteiger partial charge on any atom is 0.136 e. The Morgan fingerprint density at radius 1 is 0.106 bits per heavy atom. The molecule has 0 spiro atoms. The van der Waals surface area contributed by atoms with Crippen molar-refractivity contribution in [1.82, 2.24) is 0 Å². The van der Waals surface area contributed by atoms with Gasteiger partial charge in [0.2, 0.25) is 0 Å². The number of benzene rings is 27. The van der Waals surface area contributed by atoms with E-state index in [2.05, 4.69) is 0 Å². The van der Waals surface area contributed by atoms with E-state index in [0.29, 0.717) is 0 Å². The first-order valence-corrected chi connectivity index (χ1v) is 41.7. The van der Waals surface area contributed by atoms with Crippen LogP contribution in [0.2, 0.25) is 0 Å². The fraction of sp³-hybridized carbons (Fsp3) is 0. The van der Waals surface area contributed by atoms with E-state index < -0.39 is 803 Å². The molecule has 0 radical (unpaired) electrons. The molecule has 0 amide bonds. The van der Waals surface area contributed by atoms with E-state index in [4.69, 9.17) is 83.2 Å². The third-order valence-electron chi connectivity index (χ3n) is 23.2. The molecule has 0 atom stereocenters. The van der Waals surface area contributed by atoms with Gasteiger partial charge in [0.15, 0.2) is 0 Å². The molecule has 3 nitrogen and oxygen atoms in total. The summed E-state index contributed by atoms with van der Waals surface area (Å²) in [5.74, 6) is 0. The highest BCUT2D eigenvalue weighted by Gasteiger charge is 2.26. The summed E-state index contributed by atoms with van der Waals surface area (Å²) in [6, 6.07) is -78.4.